The minimum atomic E-state index is -4.45. The average Bonchev–Trinajstić information content (AvgIpc) is 3.17. The highest BCUT2D eigenvalue weighted by molar-refractivity contribution is 7.93. The van der Waals surface area contributed by atoms with Crippen molar-refractivity contribution in [3.8, 4) is 0 Å². The van der Waals surface area contributed by atoms with E-state index in [1.807, 2.05) is 0 Å². The number of halogens is 3. The summed E-state index contributed by atoms with van der Waals surface area (Å²) in [6.45, 7) is 0. The van der Waals surface area contributed by atoms with Crippen molar-refractivity contribution in [1.29, 1.82) is 0 Å². The molecule has 166 valence electrons. The molecule has 32 heavy (non-hydrogen) atoms. The fourth-order valence-electron chi connectivity index (χ4n) is 2.87. The molecule has 1 aromatic heterocycles. The molecule has 0 aliphatic carbocycles. The lowest BCUT2D eigenvalue weighted by atomic mass is 10.3. The summed E-state index contributed by atoms with van der Waals surface area (Å²) in [5, 5.41) is -0.0660. The van der Waals surface area contributed by atoms with Gasteiger partial charge in [0.15, 0.2) is 5.82 Å². The van der Waals surface area contributed by atoms with E-state index in [1.54, 1.807) is 24.3 Å². The Morgan fingerprint density at radius 1 is 0.781 bits per heavy atom. The zero-order valence-corrected chi connectivity index (χ0v) is 19.0. The second kappa shape index (κ2) is 8.28. The van der Waals surface area contributed by atoms with Crippen molar-refractivity contribution in [3.63, 3.8) is 0 Å². The molecule has 0 unspecified atom stereocenters. The van der Waals surface area contributed by atoms with E-state index in [0.29, 0.717) is 11.0 Å². The molecule has 2 N–H and O–H groups in total. The van der Waals surface area contributed by atoms with Crippen molar-refractivity contribution in [2.24, 2.45) is 0 Å². The SMILES string of the molecule is O=S(=O)(Nc1cc(Cl)ccc1NS(=O)(=O)c1cccc(Cl)c1F)c1cc2ccccc2o1. The lowest BCUT2D eigenvalue weighted by molar-refractivity contribution is 0.484. The van der Waals surface area contributed by atoms with E-state index in [9.17, 15) is 21.2 Å². The number of furan rings is 1. The van der Waals surface area contributed by atoms with Gasteiger partial charge in [0.2, 0.25) is 5.09 Å². The summed E-state index contributed by atoms with van der Waals surface area (Å²) in [5.41, 5.74) is -0.0197. The monoisotopic (exact) mass is 514 g/mol. The first kappa shape index (κ1) is 22.4. The molecule has 0 spiro atoms. The fraction of sp³-hybridized carbons (Fsp3) is 0. The van der Waals surface area contributed by atoms with Crippen LogP contribution in [0.5, 0.6) is 0 Å². The summed E-state index contributed by atoms with van der Waals surface area (Å²) < 4.78 is 75.2. The van der Waals surface area contributed by atoms with Crippen LogP contribution >= 0.6 is 23.2 Å². The predicted molar refractivity (Wildman–Crippen MR) is 121 cm³/mol. The van der Waals surface area contributed by atoms with Crippen LogP contribution in [-0.4, -0.2) is 16.8 Å². The summed E-state index contributed by atoms with van der Waals surface area (Å²) in [4.78, 5) is -0.703. The zero-order valence-electron chi connectivity index (χ0n) is 15.8. The first-order chi connectivity index (χ1) is 15.1. The van der Waals surface area contributed by atoms with Crippen molar-refractivity contribution in [2.45, 2.75) is 9.99 Å². The Labute approximate surface area is 192 Å². The Bertz CT molecular complexity index is 1520. The van der Waals surface area contributed by atoms with Crippen LogP contribution in [0.1, 0.15) is 0 Å². The van der Waals surface area contributed by atoms with Gasteiger partial charge in [-0.15, -0.1) is 0 Å². The zero-order chi connectivity index (χ0) is 23.1. The smallest absolute Gasteiger partial charge is 0.295 e. The third-order valence-electron chi connectivity index (χ3n) is 4.34. The Kier molecular flexibility index (Phi) is 5.80. The number of benzene rings is 3. The highest BCUT2D eigenvalue weighted by Gasteiger charge is 2.25. The molecule has 3 aromatic carbocycles. The van der Waals surface area contributed by atoms with E-state index < -0.39 is 30.8 Å². The van der Waals surface area contributed by atoms with Gasteiger partial charge in [-0.3, -0.25) is 9.44 Å². The molecule has 0 amide bonds. The van der Waals surface area contributed by atoms with Gasteiger partial charge in [-0.25, -0.2) is 12.8 Å². The summed E-state index contributed by atoms with van der Waals surface area (Å²) in [6, 6.07) is 15.3. The maximum Gasteiger partial charge on any atom is 0.295 e. The lowest BCUT2D eigenvalue weighted by Crippen LogP contribution is -2.18. The van der Waals surface area contributed by atoms with E-state index >= 15 is 0 Å². The van der Waals surface area contributed by atoms with Gasteiger partial charge in [0.05, 0.1) is 16.4 Å². The van der Waals surface area contributed by atoms with Crippen LogP contribution in [0.25, 0.3) is 11.0 Å². The number of anilines is 2. The maximum absolute atomic E-state index is 14.3. The number of fused-ring (bicyclic) bond motifs is 1. The Morgan fingerprint density at radius 2 is 1.50 bits per heavy atom. The van der Waals surface area contributed by atoms with Gasteiger partial charge in [0, 0.05) is 16.5 Å². The summed E-state index contributed by atoms with van der Waals surface area (Å²) in [5.74, 6) is -1.14. The summed E-state index contributed by atoms with van der Waals surface area (Å²) >= 11 is 11.7. The van der Waals surface area contributed by atoms with Crippen LogP contribution in [0.4, 0.5) is 15.8 Å². The van der Waals surface area contributed by atoms with Crippen LogP contribution in [0.15, 0.2) is 81.1 Å². The minimum absolute atomic E-state index is 0.129. The van der Waals surface area contributed by atoms with E-state index in [4.69, 9.17) is 27.6 Å². The largest absolute Gasteiger partial charge is 0.443 e. The van der Waals surface area contributed by atoms with Crippen LogP contribution in [0.2, 0.25) is 10.0 Å². The minimum Gasteiger partial charge on any atom is -0.443 e. The molecule has 4 rings (SSSR count). The van der Waals surface area contributed by atoms with Gasteiger partial charge in [-0.1, -0.05) is 47.5 Å². The highest BCUT2D eigenvalue weighted by Crippen LogP contribution is 2.32. The molecule has 0 atom stereocenters. The molecular weight excluding hydrogens is 502 g/mol. The van der Waals surface area contributed by atoms with E-state index in [2.05, 4.69) is 9.44 Å². The van der Waals surface area contributed by atoms with E-state index in [-0.39, 0.29) is 26.5 Å². The molecule has 0 aliphatic rings. The third kappa shape index (κ3) is 4.40. The molecule has 0 aliphatic heterocycles. The Hall–Kier alpha value is -2.79. The number of hydrogen-bond acceptors (Lipinski definition) is 5. The van der Waals surface area contributed by atoms with Crippen molar-refractivity contribution >= 4 is 65.6 Å². The fourth-order valence-corrected chi connectivity index (χ4v) is 5.49. The second-order valence-corrected chi connectivity index (χ2v) is 10.7. The molecular formula is C20H13Cl2FN2O5S2. The Balaban J connectivity index is 1.71. The second-order valence-electron chi connectivity index (χ2n) is 6.56. The Morgan fingerprint density at radius 3 is 2.25 bits per heavy atom. The van der Waals surface area contributed by atoms with Crippen LogP contribution in [0, 0.1) is 5.82 Å². The molecule has 0 radical (unpaired) electrons. The number of sulfonamides is 2. The molecule has 1 heterocycles. The van der Waals surface area contributed by atoms with Gasteiger partial charge in [0.25, 0.3) is 20.0 Å². The molecule has 0 fully saturated rings. The number of nitrogens with one attached hydrogen (secondary N) is 2. The van der Waals surface area contributed by atoms with Gasteiger partial charge < -0.3 is 4.42 Å². The number of para-hydroxylation sites is 1. The number of hydrogen-bond donors (Lipinski definition) is 2. The van der Waals surface area contributed by atoms with Crippen LogP contribution < -0.4 is 9.44 Å². The first-order valence-electron chi connectivity index (χ1n) is 8.85. The van der Waals surface area contributed by atoms with Gasteiger partial charge >= 0.3 is 0 Å². The van der Waals surface area contributed by atoms with Crippen molar-refractivity contribution in [3.05, 3.63) is 82.6 Å². The lowest BCUT2D eigenvalue weighted by Gasteiger charge is -2.15. The van der Waals surface area contributed by atoms with E-state index in [1.165, 1.54) is 36.4 Å². The first-order valence-corrected chi connectivity index (χ1v) is 12.6. The quantitative estimate of drug-likeness (QED) is 0.354. The predicted octanol–water partition coefficient (Wildman–Crippen LogP) is 5.48. The van der Waals surface area contributed by atoms with Crippen LogP contribution in [-0.2, 0) is 20.0 Å². The van der Waals surface area contributed by atoms with Gasteiger partial charge in [-0.2, -0.15) is 8.42 Å². The molecule has 12 heteroatoms. The molecule has 0 bridgehead atoms. The normalized spacial score (nSPS) is 12.1. The van der Waals surface area contributed by atoms with Crippen LogP contribution in [0.3, 0.4) is 0 Å². The summed E-state index contributed by atoms with van der Waals surface area (Å²) in [6.07, 6.45) is 0. The standard InChI is InChI=1S/C20H13Cl2FN2O5S2/c21-13-8-9-15(24-31(26,27)18-7-3-5-14(22)20(18)23)16(11-13)25-32(28,29)19-10-12-4-1-2-6-17(12)30-19/h1-11,24-25H. The highest BCUT2D eigenvalue weighted by atomic mass is 35.5. The van der Waals surface area contributed by atoms with Crippen molar-refractivity contribution in [2.75, 3.05) is 9.44 Å². The third-order valence-corrected chi connectivity index (χ3v) is 7.47. The van der Waals surface area contributed by atoms with E-state index in [0.717, 1.165) is 6.07 Å². The number of rotatable bonds is 6. The topological polar surface area (TPSA) is 105 Å². The van der Waals surface area contributed by atoms with Crippen molar-refractivity contribution in [1.82, 2.24) is 0 Å². The average molecular weight is 515 g/mol. The van der Waals surface area contributed by atoms with Gasteiger partial charge in [-0.05, 0) is 36.4 Å². The molecule has 4 aromatic rings. The summed E-state index contributed by atoms with van der Waals surface area (Å²) in [7, 11) is -8.71. The van der Waals surface area contributed by atoms with Gasteiger partial charge in [0.1, 0.15) is 10.5 Å². The molecule has 0 saturated heterocycles. The molecule has 0 saturated carbocycles. The molecule has 7 nitrogen and oxygen atoms in total. The van der Waals surface area contributed by atoms with Crippen molar-refractivity contribution < 1.29 is 25.6 Å². The maximum atomic E-state index is 14.3.